The monoisotopic (exact) mass is 242 g/mol. The summed E-state index contributed by atoms with van der Waals surface area (Å²) in [5, 5.41) is 4.39. The van der Waals surface area contributed by atoms with Gasteiger partial charge in [-0.05, 0) is 13.5 Å². The molecule has 1 saturated heterocycles. The molecular weight excluding hydrogens is 220 g/mol. The molecule has 0 aromatic carbocycles. The van der Waals surface area contributed by atoms with Crippen LogP contribution in [-0.4, -0.2) is 61.5 Å². The van der Waals surface area contributed by atoms with Crippen molar-refractivity contribution in [2.45, 2.75) is 19.8 Å². The van der Waals surface area contributed by atoms with Gasteiger partial charge in [-0.1, -0.05) is 13.3 Å². The molecule has 0 spiro atoms. The molecule has 0 unspecified atom stereocenters. The number of rotatable bonds is 4. The van der Waals surface area contributed by atoms with Gasteiger partial charge < -0.3 is 10.2 Å². The van der Waals surface area contributed by atoms with Crippen LogP contribution in [0.5, 0.6) is 0 Å². The Bertz CT molecular complexity index is 262. The highest BCUT2D eigenvalue weighted by Crippen LogP contribution is 1.95. The molecule has 0 aromatic rings. The topological polar surface area (TPSA) is 64.7 Å². The molecule has 6 heteroatoms. The third kappa shape index (κ3) is 5.14. The largest absolute Gasteiger partial charge is 0.348 e. The van der Waals surface area contributed by atoms with E-state index in [9.17, 15) is 9.59 Å². The lowest BCUT2D eigenvalue weighted by molar-refractivity contribution is -0.142. The first-order chi connectivity index (χ1) is 8.13. The number of hydrogen-bond donors (Lipinski definition) is 2. The van der Waals surface area contributed by atoms with Crippen molar-refractivity contribution in [2.24, 2.45) is 0 Å². The zero-order chi connectivity index (χ0) is 12.7. The van der Waals surface area contributed by atoms with Crippen LogP contribution in [0.15, 0.2) is 0 Å². The quantitative estimate of drug-likeness (QED) is 0.499. The van der Waals surface area contributed by atoms with Crippen molar-refractivity contribution in [3.8, 4) is 0 Å². The fraction of sp³-hybridized carbons (Fsp3) is 0.818. The van der Waals surface area contributed by atoms with Gasteiger partial charge in [-0.3, -0.25) is 15.0 Å². The van der Waals surface area contributed by atoms with E-state index in [-0.39, 0.29) is 0 Å². The van der Waals surface area contributed by atoms with Gasteiger partial charge in [0, 0.05) is 32.7 Å². The van der Waals surface area contributed by atoms with Gasteiger partial charge >= 0.3 is 11.8 Å². The van der Waals surface area contributed by atoms with E-state index >= 15 is 0 Å². The van der Waals surface area contributed by atoms with Gasteiger partial charge in [0.05, 0.1) is 0 Å². The first kappa shape index (κ1) is 13.9. The molecule has 0 saturated carbocycles. The highest BCUT2D eigenvalue weighted by Gasteiger charge is 2.19. The number of hydrogen-bond acceptors (Lipinski definition) is 4. The minimum atomic E-state index is -0.564. The van der Waals surface area contributed by atoms with Crippen LogP contribution in [0.3, 0.4) is 0 Å². The lowest BCUT2D eigenvalue weighted by atomic mass is 10.3. The minimum Gasteiger partial charge on any atom is -0.348 e. The number of nitrogens with one attached hydrogen (secondary N) is 2. The third-order valence-corrected chi connectivity index (χ3v) is 2.79. The predicted molar refractivity (Wildman–Crippen MR) is 65.1 cm³/mol. The van der Waals surface area contributed by atoms with E-state index in [2.05, 4.69) is 15.6 Å². The van der Waals surface area contributed by atoms with Crippen LogP contribution in [0.25, 0.3) is 0 Å². The van der Waals surface area contributed by atoms with Crippen LogP contribution in [0.4, 0.5) is 0 Å². The van der Waals surface area contributed by atoms with E-state index in [0.717, 1.165) is 39.0 Å². The van der Waals surface area contributed by atoms with Gasteiger partial charge in [0.15, 0.2) is 0 Å². The molecule has 2 N–H and O–H groups in total. The van der Waals surface area contributed by atoms with Crippen molar-refractivity contribution in [1.29, 1.82) is 0 Å². The summed E-state index contributed by atoms with van der Waals surface area (Å²) in [7, 11) is 2.04. The number of nitrogens with zero attached hydrogens (tertiary/aromatic N) is 2. The number of hydrazine groups is 1. The Kier molecular flexibility index (Phi) is 5.93. The van der Waals surface area contributed by atoms with Crippen molar-refractivity contribution in [3.05, 3.63) is 0 Å². The SMILES string of the molecule is CCCCNC(=O)C(=O)NN1CCN(C)CC1. The molecule has 0 bridgehead atoms. The molecule has 2 amide bonds. The average Bonchev–Trinajstić information content (AvgIpc) is 2.32. The van der Waals surface area contributed by atoms with E-state index in [1.807, 2.05) is 14.0 Å². The Morgan fingerprint density at radius 2 is 1.76 bits per heavy atom. The Hall–Kier alpha value is -1.14. The normalized spacial score (nSPS) is 17.8. The maximum absolute atomic E-state index is 11.5. The first-order valence-corrected chi connectivity index (χ1v) is 6.15. The Balaban J connectivity index is 2.21. The van der Waals surface area contributed by atoms with Crippen molar-refractivity contribution in [1.82, 2.24) is 20.7 Å². The van der Waals surface area contributed by atoms with E-state index in [0.29, 0.717) is 6.54 Å². The average molecular weight is 242 g/mol. The number of carbonyl (C=O) groups is 2. The molecule has 1 aliphatic rings. The number of unbranched alkanes of at least 4 members (excludes halogenated alkanes) is 1. The Labute approximate surface area is 102 Å². The van der Waals surface area contributed by atoms with Crippen molar-refractivity contribution < 1.29 is 9.59 Å². The lowest BCUT2D eigenvalue weighted by Crippen LogP contribution is -2.55. The summed E-state index contributed by atoms with van der Waals surface area (Å²) in [5.41, 5.74) is 2.62. The molecule has 0 aliphatic carbocycles. The molecule has 6 nitrogen and oxygen atoms in total. The van der Waals surface area contributed by atoms with Gasteiger partial charge in [-0.25, -0.2) is 5.01 Å². The van der Waals surface area contributed by atoms with Crippen molar-refractivity contribution in [2.75, 3.05) is 39.8 Å². The summed E-state index contributed by atoms with van der Waals surface area (Å²) in [5.74, 6) is -1.11. The highest BCUT2D eigenvalue weighted by molar-refractivity contribution is 6.34. The van der Waals surface area contributed by atoms with Crippen LogP contribution in [0.1, 0.15) is 19.8 Å². The van der Waals surface area contributed by atoms with E-state index in [4.69, 9.17) is 0 Å². The molecule has 98 valence electrons. The number of piperazine rings is 1. The highest BCUT2D eigenvalue weighted by atomic mass is 16.2. The molecule has 1 heterocycles. The number of likely N-dealkylation sites (N-methyl/N-ethyl adjacent to an activating group) is 1. The van der Waals surface area contributed by atoms with Gasteiger partial charge in [-0.15, -0.1) is 0 Å². The zero-order valence-corrected chi connectivity index (χ0v) is 10.7. The van der Waals surface area contributed by atoms with Crippen molar-refractivity contribution in [3.63, 3.8) is 0 Å². The van der Waals surface area contributed by atoms with Gasteiger partial charge in [0.25, 0.3) is 0 Å². The number of amides is 2. The summed E-state index contributed by atoms with van der Waals surface area (Å²) < 4.78 is 0. The standard InChI is InChI=1S/C11H22N4O2/c1-3-4-5-12-10(16)11(17)13-15-8-6-14(2)7-9-15/h3-9H2,1-2H3,(H,12,16)(H,13,17). The molecule has 1 rings (SSSR count). The minimum absolute atomic E-state index is 0.544. The second-order valence-corrected chi connectivity index (χ2v) is 4.34. The second kappa shape index (κ2) is 7.24. The Morgan fingerprint density at radius 3 is 2.35 bits per heavy atom. The molecule has 0 atom stereocenters. The van der Waals surface area contributed by atoms with Gasteiger partial charge in [0.1, 0.15) is 0 Å². The molecule has 1 aliphatic heterocycles. The smallest absolute Gasteiger partial charge is 0.323 e. The molecule has 1 fully saturated rings. The molecule has 0 radical (unpaired) electrons. The number of carbonyl (C=O) groups excluding carboxylic acids is 2. The van der Waals surface area contributed by atoms with Gasteiger partial charge in [-0.2, -0.15) is 0 Å². The molecular formula is C11H22N4O2. The van der Waals surface area contributed by atoms with E-state index in [1.165, 1.54) is 0 Å². The van der Waals surface area contributed by atoms with Crippen LogP contribution in [0, 0.1) is 0 Å². The lowest BCUT2D eigenvalue weighted by Gasteiger charge is -2.32. The van der Waals surface area contributed by atoms with Crippen LogP contribution >= 0.6 is 0 Å². The Morgan fingerprint density at radius 1 is 1.12 bits per heavy atom. The summed E-state index contributed by atoms with van der Waals surface area (Å²) in [6.45, 7) is 5.91. The summed E-state index contributed by atoms with van der Waals surface area (Å²) in [6, 6.07) is 0. The summed E-state index contributed by atoms with van der Waals surface area (Å²) >= 11 is 0. The molecule has 17 heavy (non-hydrogen) atoms. The zero-order valence-electron chi connectivity index (χ0n) is 10.7. The summed E-state index contributed by atoms with van der Waals surface area (Å²) in [6.07, 6.45) is 1.90. The first-order valence-electron chi connectivity index (χ1n) is 6.15. The maximum atomic E-state index is 11.5. The third-order valence-electron chi connectivity index (χ3n) is 2.79. The predicted octanol–water partition coefficient (Wildman–Crippen LogP) is -0.819. The fourth-order valence-electron chi connectivity index (χ4n) is 1.57. The van der Waals surface area contributed by atoms with Gasteiger partial charge in [0.2, 0.25) is 0 Å². The molecule has 0 aromatic heterocycles. The summed E-state index contributed by atoms with van der Waals surface area (Å²) in [4.78, 5) is 25.1. The fourth-order valence-corrected chi connectivity index (χ4v) is 1.57. The van der Waals surface area contributed by atoms with Crippen molar-refractivity contribution >= 4 is 11.8 Å². The van der Waals surface area contributed by atoms with Crippen LogP contribution in [-0.2, 0) is 9.59 Å². The van der Waals surface area contributed by atoms with Crippen LogP contribution in [0.2, 0.25) is 0 Å². The van der Waals surface area contributed by atoms with Crippen LogP contribution < -0.4 is 10.7 Å². The maximum Gasteiger partial charge on any atom is 0.323 e. The second-order valence-electron chi connectivity index (χ2n) is 4.34. The van der Waals surface area contributed by atoms with E-state index in [1.54, 1.807) is 5.01 Å². The van der Waals surface area contributed by atoms with E-state index < -0.39 is 11.8 Å².